The minimum atomic E-state index is -3.18. The van der Waals surface area contributed by atoms with Gasteiger partial charge < -0.3 is 4.74 Å². The van der Waals surface area contributed by atoms with Crippen LogP contribution in [0.3, 0.4) is 0 Å². The lowest BCUT2D eigenvalue weighted by atomic mass is 9.93. The Morgan fingerprint density at radius 3 is 2.29 bits per heavy atom. The number of hydrogen-bond acceptors (Lipinski definition) is 3. The number of alkyl halides is 1. The van der Waals surface area contributed by atoms with Crippen molar-refractivity contribution in [3.8, 4) is 0 Å². The summed E-state index contributed by atoms with van der Waals surface area (Å²) in [5.74, 6) is 0.374. The van der Waals surface area contributed by atoms with E-state index in [1.807, 2.05) is 0 Å². The van der Waals surface area contributed by atoms with E-state index in [1.165, 1.54) is 0 Å². The van der Waals surface area contributed by atoms with Crippen LogP contribution in [0.25, 0.3) is 0 Å². The van der Waals surface area contributed by atoms with Crippen molar-refractivity contribution in [1.82, 2.24) is 4.31 Å². The average molecular weight is 282 g/mol. The molecule has 0 aromatic rings. The van der Waals surface area contributed by atoms with Crippen molar-refractivity contribution in [2.75, 3.05) is 25.6 Å². The van der Waals surface area contributed by atoms with Gasteiger partial charge in [-0.3, -0.25) is 0 Å². The summed E-state index contributed by atoms with van der Waals surface area (Å²) >= 11 is 5.74. The fraction of sp³-hybridized carbons (Fsp3) is 1.00. The van der Waals surface area contributed by atoms with Crippen molar-refractivity contribution in [3.63, 3.8) is 0 Å². The van der Waals surface area contributed by atoms with E-state index in [-0.39, 0.29) is 11.3 Å². The van der Waals surface area contributed by atoms with Gasteiger partial charge in [-0.2, -0.15) is 4.31 Å². The molecule has 2 rings (SSSR count). The molecule has 1 heterocycles. The number of rotatable bonds is 5. The van der Waals surface area contributed by atoms with Crippen LogP contribution in [-0.4, -0.2) is 49.7 Å². The fourth-order valence-corrected chi connectivity index (χ4v) is 4.87. The van der Waals surface area contributed by atoms with Crippen molar-refractivity contribution in [2.45, 2.75) is 43.4 Å². The van der Waals surface area contributed by atoms with Gasteiger partial charge in [0.05, 0.1) is 5.25 Å². The van der Waals surface area contributed by atoms with E-state index >= 15 is 0 Å². The van der Waals surface area contributed by atoms with Gasteiger partial charge in [0.25, 0.3) is 0 Å². The summed E-state index contributed by atoms with van der Waals surface area (Å²) in [5.41, 5.74) is 0. The van der Waals surface area contributed by atoms with Crippen molar-refractivity contribution in [2.24, 2.45) is 0 Å². The van der Waals surface area contributed by atoms with Crippen LogP contribution in [0.15, 0.2) is 0 Å². The first-order valence-electron chi connectivity index (χ1n) is 6.30. The Morgan fingerprint density at radius 2 is 1.82 bits per heavy atom. The second-order valence-electron chi connectivity index (χ2n) is 4.74. The van der Waals surface area contributed by atoms with Gasteiger partial charge in [0.1, 0.15) is 0 Å². The maximum absolute atomic E-state index is 12.5. The van der Waals surface area contributed by atoms with E-state index in [0.717, 1.165) is 19.3 Å². The Kier molecular flexibility index (Phi) is 4.69. The van der Waals surface area contributed by atoms with Crippen molar-refractivity contribution in [1.29, 1.82) is 0 Å². The van der Waals surface area contributed by atoms with Crippen molar-refractivity contribution >= 4 is 21.6 Å². The molecule has 100 valence electrons. The van der Waals surface area contributed by atoms with Gasteiger partial charge in [0.2, 0.25) is 10.0 Å². The van der Waals surface area contributed by atoms with Gasteiger partial charge in [0.15, 0.2) is 0 Å². The topological polar surface area (TPSA) is 46.6 Å². The molecule has 0 aromatic heterocycles. The first-order valence-corrected chi connectivity index (χ1v) is 8.34. The first kappa shape index (κ1) is 13.6. The van der Waals surface area contributed by atoms with Crippen molar-refractivity contribution in [3.05, 3.63) is 0 Å². The highest BCUT2D eigenvalue weighted by molar-refractivity contribution is 7.89. The summed E-state index contributed by atoms with van der Waals surface area (Å²) < 4.78 is 31.9. The standard InChI is InChI=1S/C11H20ClNO3S/c12-6-7-13(10-2-1-3-10)17(14,15)11-4-8-16-9-5-11/h10-11H,1-9H2. The third kappa shape index (κ3) is 2.95. The van der Waals surface area contributed by atoms with E-state index in [9.17, 15) is 8.42 Å². The molecule has 1 saturated carbocycles. The zero-order valence-corrected chi connectivity index (χ0v) is 11.5. The van der Waals surface area contributed by atoms with E-state index in [2.05, 4.69) is 0 Å². The van der Waals surface area contributed by atoms with Crippen LogP contribution in [0.5, 0.6) is 0 Å². The number of halogens is 1. The third-order valence-corrected chi connectivity index (χ3v) is 6.32. The number of nitrogens with zero attached hydrogens (tertiary/aromatic N) is 1. The Balaban J connectivity index is 2.08. The molecule has 0 N–H and O–H groups in total. The minimum Gasteiger partial charge on any atom is -0.381 e. The Labute approximate surface area is 108 Å². The molecule has 1 aliphatic heterocycles. The molecule has 17 heavy (non-hydrogen) atoms. The van der Waals surface area contributed by atoms with Crippen LogP contribution < -0.4 is 0 Å². The highest BCUT2D eigenvalue weighted by Gasteiger charge is 2.38. The van der Waals surface area contributed by atoms with E-state index in [0.29, 0.717) is 38.5 Å². The monoisotopic (exact) mass is 281 g/mol. The molecular weight excluding hydrogens is 262 g/mol. The van der Waals surface area contributed by atoms with Crippen LogP contribution in [0.2, 0.25) is 0 Å². The molecule has 0 spiro atoms. The Bertz CT molecular complexity index is 337. The molecule has 0 aromatic carbocycles. The average Bonchev–Trinajstić information content (AvgIpc) is 2.27. The predicted molar refractivity (Wildman–Crippen MR) is 67.8 cm³/mol. The summed E-state index contributed by atoms with van der Waals surface area (Å²) in [6, 6.07) is 0.196. The third-order valence-electron chi connectivity index (χ3n) is 3.70. The molecule has 0 amide bonds. The van der Waals surface area contributed by atoms with Gasteiger partial charge in [-0.05, 0) is 25.7 Å². The zero-order valence-electron chi connectivity index (χ0n) is 9.98. The lowest BCUT2D eigenvalue weighted by molar-refractivity contribution is 0.0961. The maximum Gasteiger partial charge on any atom is 0.217 e. The SMILES string of the molecule is O=S(=O)(C1CCOCC1)N(CCCl)C1CCC1. The summed E-state index contributed by atoms with van der Waals surface area (Å²) in [4.78, 5) is 0. The van der Waals surface area contributed by atoms with Gasteiger partial charge in [-0.25, -0.2) is 8.42 Å². The highest BCUT2D eigenvalue weighted by Crippen LogP contribution is 2.30. The maximum atomic E-state index is 12.5. The molecule has 2 fully saturated rings. The normalized spacial score (nSPS) is 23.9. The summed E-state index contributed by atoms with van der Waals surface area (Å²) in [5, 5.41) is -0.264. The first-order chi connectivity index (χ1) is 8.16. The lowest BCUT2D eigenvalue weighted by Gasteiger charge is -2.39. The second kappa shape index (κ2) is 5.87. The van der Waals surface area contributed by atoms with E-state index < -0.39 is 10.0 Å². The fourth-order valence-electron chi connectivity index (χ4n) is 2.44. The molecule has 2 aliphatic rings. The van der Waals surface area contributed by atoms with Gasteiger partial charge in [0, 0.05) is 31.7 Å². The van der Waals surface area contributed by atoms with Gasteiger partial charge in [-0.15, -0.1) is 11.6 Å². The number of hydrogen-bond donors (Lipinski definition) is 0. The quantitative estimate of drug-likeness (QED) is 0.719. The molecule has 6 heteroatoms. The van der Waals surface area contributed by atoms with Gasteiger partial charge >= 0.3 is 0 Å². The smallest absolute Gasteiger partial charge is 0.217 e. The molecule has 1 aliphatic carbocycles. The summed E-state index contributed by atoms with van der Waals surface area (Å²) in [6.45, 7) is 1.57. The largest absolute Gasteiger partial charge is 0.381 e. The van der Waals surface area contributed by atoms with Crippen LogP contribution in [0.4, 0.5) is 0 Å². The van der Waals surface area contributed by atoms with E-state index in [1.54, 1.807) is 4.31 Å². The molecule has 0 bridgehead atoms. The van der Waals surface area contributed by atoms with Crippen LogP contribution in [0, 0.1) is 0 Å². The zero-order chi connectivity index (χ0) is 12.3. The molecular formula is C11H20ClNO3S. The number of sulfonamides is 1. The lowest BCUT2D eigenvalue weighted by Crippen LogP contribution is -2.49. The molecule has 0 atom stereocenters. The molecule has 0 radical (unpaired) electrons. The van der Waals surface area contributed by atoms with Crippen LogP contribution >= 0.6 is 11.6 Å². The molecule has 1 saturated heterocycles. The van der Waals surface area contributed by atoms with Crippen LogP contribution in [-0.2, 0) is 14.8 Å². The van der Waals surface area contributed by atoms with Crippen molar-refractivity contribution < 1.29 is 13.2 Å². The second-order valence-corrected chi connectivity index (χ2v) is 7.28. The predicted octanol–water partition coefficient (Wildman–Crippen LogP) is 1.59. The summed E-state index contributed by atoms with van der Waals surface area (Å²) in [6.07, 6.45) is 4.34. The Morgan fingerprint density at radius 1 is 1.18 bits per heavy atom. The Hall–Kier alpha value is 0.160. The molecule has 0 unspecified atom stereocenters. The highest BCUT2D eigenvalue weighted by atomic mass is 35.5. The number of ether oxygens (including phenoxy) is 1. The van der Waals surface area contributed by atoms with Gasteiger partial charge in [-0.1, -0.05) is 6.42 Å². The van der Waals surface area contributed by atoms with E-state index in [4.69, 9.17) is 16.3 Å². The van der Waals surface area contributed by atoms with Crippen LogP contribution in [0.1, 0.15) is 32.1 Å². The summed E-state index contributed by atoms with van der Waals surface area (Å²) in [7, 11) is -3.18. The minimum absolute atomic E-state index is 0.196. The molecule has 4 nitrogen and oxygen atoms in total.